The molecule has 0 bridgehead atoms. The van der Waals surface area contributed by atoms with Crippen LogP contribution in [0.5, 0.6) is 0 Å². The Hall–Kier alpha value is -2.19. The molecule has 2 amide bonds. The molecule has 2 aliphatic rings. The molecule has 7 nitrogen and oxygen atoms in total. The summed E-state index contributed by atoms with van der Waals surface area (Å²) < 4.78 is 13.9. The SMILES string of the molecule is CC(C)(C(N)=O)N1CCN(CC(=O)N2CCN(c3ccccc3F)CC2)CC1. The minimum absolute atomic E-state index is 0.107. The lowest BCUT2D eigenvalue weighted by atomic mass is 10.0. The van der Waals surface area contributed by atoms with Gasteiger partial charge in [0.05, 0.1) is 17.8 Å². The lowest BCUT2D eigenvalue weighted by Gasteiger charge is -2.42. The third kappa shape index (κ3) is 4.44. The molecular weight excluding hydrogens is 361 g/mol. The number of piperazine rings is 2. The molecule has 3 rings (SSSR count). The number of hydrogen-bond acceptors (Lipinski definition) is 5. The summed E-state index contributed by atoms with van der Waals surface area (Å²) in [5.74, 6) is -0.445. The lowest BCUT2D eigenvalue weighted by molar-refractivity contribution is -0.135. The average Bonchev–Trinajstić information content (AvgIpc) is 2.69. The van der Waals surface area contributed by atoms with Gasteiger partial charge in [0.15, 0.2) is 0 Å². The summed E-state index contributed by atoms with van der Waals surface area (Å²) in [6, 6.07) is 6.75. The van der Waals surface area contributed by atoms with E-state index in [9.17, 15) is 14.0 Å². The van der Waals surface area contributed by atoms with Gasteiger partial charge in [0, 0.05) is 52.4 Å². The quantitative estimate of drug-likeness (QED) is 0.785. The topological polar surface area (TPSA) is 73.1 Å². The number of halogens is 1. The maximum atomic E-state index is 13.9. The van der Waals surface area contributed by atoms with E-state index in [-0.39, 0.29) is 17.6 Å². The molecule has 0 atom stereocenters. The summed E-state index contributed by atoms with van der Waals surface area (Å²) in [5.41, 5.74) is 5.43. The second-order valence-corrected chi connectivity index (χ2v) is 8.01. The van der Waals surface area contributed by atoms with Crippen LogP contribution in [0.4, 0.5) is 10.1 Å². The van der Waals surface area contributed by atoms with E-state index in [1.807, 2.05) is 29.7 Å². The molecule has 2 heterocycles. The highest BCUT2D eigenvalue weighted by Crippen LogP contribution is 2.20. The Kier molecular flexibility index (Phi) is 6.20. The van der Waals surface area contributed by atoms with E-state index in [0.29, 0.717) is 51.5 Å². The van der Waals surface area contributed by atoms with E-state index in [2.05, 4.69) is 9.80 Å². The molecule has 8 heteroatoms. The molecular formula is C20H30FN5O2. The summed E-state index contributed by atoms with van der Waals surface area (Å²) in [6.07, 6.45) is 0. The molecule has 0 spiro atoms. The van der Waals surface area contributed by atoms with Crippen LogP contribution in [-0.2, 0) is 9.59 Å². The first-order valence-electron chi connectivity index (χ1n) is 9.83. The number of rotatable bonds is 5. The van der Waals surface area contributed by atoms with E-state index in [0.717, 1.165) is 13.1 Å². The molecule has 0 aliphatic carbocycles. The van der Waals surface area contributed by atoms with Crippen molar-refractivity contribution in [1.82, 2.24) is 14.7 Å². The van der Waals surface area contributed by atoms with Crippen LogP contribution >= 0.6 is 0 Å². The smallest absolute Gasteiger partial charge is 0.237 e. The van der Waals surface area contributed by atoms with Crippen LogP contribution in [0.1, 0.15) is 13.8 Å². The summed E-state index contributed by atoms with van der Waals surface area (Å²) in [4.78, 5) is 32.3. The second kappa shape index (κ2) is 8.45. The Labute approximate surface area is 165 Å². The Bertz CT molecular complexity index is 710. The Morgan fingerprint density at radius 1 is 1.00 bits per heavy atom. The van der Waals surface area contributed by atoms with E-state index in [1.54, 1.807) is 12.1 Å². The van der Waals surface area contributed by atoms with Gasteiger partial charge >= 0.3 is 0 Å². The highest BCUT2D eigenvalue weighted by molar-refractivity contribution is 5.83. The molecule has 2 N–H and O–H groups in total. The fraction of sp³-hybridized carbons (Fsp3) is 0.600. The van der Waals surface area contributed by atoms with Gasteiger partial charge < -0.3 is 15.5 Å². The van der Waals surface area contributed by atoms with Gasteiger partial charge in [-0.25, -0.2) is 4.39 Å². The summed E-state index contributed by atoms with van der Waals surface area (Å²) in [7, 11) is 0. The fourth-order valence-corrected chi connectivity index (χ4v) is 3.82. The van der Waals surface area contributed by atoms with Gasteiger partial charge in [-0.3, -0.25) is 19.4 Å². The Balaban J connectivity index is 1.46. The molecule has 0 aromatic heterocycles. The molecule has 0 saturated carbocycles. The number of hydrogen-bond donors (Lipinski definition) is 1. The normalized spacial score (nSPS) is 19.7. The monoisotopic (exact) mass is 391 g/mol. The van der Waals surface area contributed by atoms with Gasteiger partial charge in [-0.05, 0) is 26.0 Å². The van der Waals surface area contributed by atoms with Gasteiger partial charge in [0.25, 0.3) is 0 Å². The standard InChI is InChI=1S/C20H30FN5O2/c1-20(2,19(22)28)26-13-7-23(8-14-26)15-18(27)25-11-9-24(10-12-25)17-6-4-3-5-16(17)21/h3-6H,7-15H2,1-2H3,(H2,22,28). The first-order valence-corrected chi connectivity index (χ1v) is 9.83. The van der Waals surface area contributed by atoms with E-state index in [1.165, 1.54) is 6.07 Å². The molecule has 154 valence electrons. The molecule has 2 fully saturated rings. The zero-order valence-corrected chi connectivity index (χ0v) is 16.7. The molecule has 2 aliphatic heterocycles. The maximum Gasteiger partial charge on any atom is 0.237 e. The average molecular weight is 391 g/mol. The third-order valence-electron chi connectivity index (χ3n) is 5.95. The van der Waals surface area contributed by atoms with Crippen LogP contribution in [-0.4, -0.2) is 91.0 Å². The molecule has 0 unspecified atom stereocenters. The highest BCUT2D eigenvalue weighted by atomic mass is 19.1. The number of benzene rings is 1. The zero-order valence-electron chi connectivity index (χ0n) is 16.7. The predicted octanol–water partition coefficient (Wildman–Crippen LogP) is 0.356. The van der Waals surface area contributed by atoms with Gasteiger partial charge in [-0.1, -0.05) is 12.1 Å². The number of amides is 2. The zero-order chi connectivity index (χ0) is 20.3. The minimum atomic E-state index is -0.668. The third-order valence-corrected chi connectivity index (χ3v) is 5.95. The molecule has 1 aromatic rings. The number of anilines is 1. The second-order valence-electron chi connectivity index (χ2n) is 8.01. The number of primary amides is 1. The van der Waals surface area contributed by atoms with Crippen LogP contribution < -0.4 is 10.6 Å². The van der Waals surface area contributed by atoms with Gasteiger partial charge in [-0.15, -0.1) is 0 Å². The van der Waals surface area contributed by atoms with Crippen LogP contribution in [0.3, 0.4) is 0 Å². The number of nitrogens with zero attached hydrogens (tertiary/aromatic N) is 4. The van der Waals surface area contributed by atoms with Crippen molar-refractivity contribution in [1.29, 1.82) is 0 Å². The van der Waals surface area contributed by atoms with Crippen LogP contribution in [0.15, 0.2) is 24.3 Å². The Morgan fingerprint density at radius 2 is 1.61 bits per heavy atom. The van der Waals surface area contributed by atoms with Crippen molar-refractivity contribution in [3.05, 3.63) is 30.1 Å². The fourth-order valence-electron chi connectivity index (χ4n) is 3.82. The number of carbonyl (C=O) groups is 2. The predicted molar refractivity (Wildman–Crippen MR) is 106 cm³/mol. The van der Waals surface area contributed by atoms with E-state index >= 15 is 0 Å². The van der Waals surface area contributed by atoms with Crippen LogP contribution in [0, 0.1) is 5.82 Å². The summed E-state index contributed by atoms with van der Waals surface area (Å²) in [6.45, 7) is 9.41. The summed E-state index contributed by atoms with van der Waals surface area (Å²) in [5, 5.41) is 0. The van der Waals surface area contributed by atoms with Crippen LogP contribution in [0.2, 0.25) is 0 Å². The highest BCUT2D eigenvalue weighted by Gasteiger charge is 2.35. The van der Waals surface area contributed by atoms with E-state index < -0.39 is 5.54 Å². The Morgan fingerprint density at radius 3 is 2.18 bits per heavy atom. The number of carbonyl (C=O) groups excluding carboxylic acids is 2. The molecule has 28 heavy (non-hydrogen) atoms. The maximum absolute atomic E-state index is 13.9. The van der Waals surface area contributed by atoms with Crippen molar-refractivity contribution < 1.29 is 14.0 Å². The van der Waals surface area contributed by atoms with Crippen molar-refractivity contribution in [3.8, 4) is 0 Å². The number of nitrogens with two attached hydrogens (primary N) is 1. The van der Waals surface area contributed by atoms with Crippen molar-refractivity contribution in [2.75, 3.05) is 63.8 Å². The first-order chi connectivity index (χ1) is 13.3. The van der Waals surface area contributed by atoms with Crippen molar-refractivity contribution >= 4 is 17.5 Å². The van der Waals surface area contributed by atoms with Gasteiger partial charge in [0.2, 0.25) is 11.8 Å². The van der Waals surface area contributed by atoms with Crippen molar-refractivity contribution in [2.45, 2.75) is 19.4 Å². The van der Waals surface area contributed by atoms with Gasteiger partial charge in [0.1, 0.15) is 5.82 Å². The largest absolute Gasteiger partial charge is 0.368 e. The molecule has 2 saturated heterocycles. The minimum Gasteiger partial charge on any atom is -0.368 e. The van der Waals surface area contributed by atoms with Gasteiger partial charge in [-0.2, -0.15) is 0 Å². The molecule has 0 radical (unpaired) electrons. The van der Waals surface area contributed by atoms with Crippen molar-refractivity contribution in [3.63, 3.8) is 0 Å². The lowest BCUT2D eigenvalue weighted by Crippen LogP contribution is -2.60. The van der Waals surface area contributed by atoms with Crippen molar-refractivity contribution in [2.24, 2.45) is 5.73 Å². The first kappa shape index (κ1) is 20.5. The van der Waals surface area contributed by atoms with E-state index in [4.69, 9.17) is 5.73 Å². The van der Waals surface area contributed by atoms with Crippen LogP contribution in [0.25, 0.3) is 0 Å². The number of para-hydroxylation sites is 1. The summed E-state index contributed by atoms with van der Waals surface area (Å²) >= 11 is 0. The molecule has 1 aromatic carbocycles.